The van der Waals surface area contributed by atoms with Crippen LogP contribution in [0.5, 0.6) is 0 Å². The summed E-state index contributed by atoms with van der Waals surface area (Å²) in [6, 6.07) is 0.518. The van der Waals surface area contributed by atoms with E-state index in [1.165, 1.54) is 38.5 Å². The van der Waals surface area contributed by atoms with E-state index in [2.05, 4.69) is 96.2 Å². The molecule has 2 rings (SSSR count). The molecule has 1 saturated heterocycles. The van der Waals surface area contributed by atoms with Crippen LogP contribution in [-0.2, 0) is 6.42 Å². The number of unbranched alkanes of at least 4 members (excludes halogenated alkanes) is 5. The van der Waals surface area contributed by atoms with Crippen molar-refractivity contribution >= 4 is 11.9 Å². The summed E-state index contributed by atoms with van der Waals surface area (Å²) < 4.78 is 0. The maximum Gasteiger partial charge on any atom is 0.230 e. The van der Waals surface area contributed by atoms with Gasteiger partial charge in [-0.15, -0.1) is 0 Å². The fourth-order valence-electron chi connectivity index (χ4n) is 7.06. The molecule has 7 heteroatoms. The SMILES string of the molecule is CCCCN(CCCC)c1nc(CC(C)(C)N(CCCC)C2CC(C)(C)NC(C)(C)C2)nc(N(CCCC)CCCC)n1. The Hall–Kier alpha value is -1.47. The van der Waals surface area contributed by atoms with Gasteiger partial charge in [0.1, 0.15) is 5.82 Å². The summed E-state index contributed by atoms with van der Waals surface area (Å²) in [6.45, 7) is 30.9. The van der Waals surface area contributed by atoms with Gasteiger partial charge in [-0.1, -0.05) is 66.7 Å². The minimum Gasteiger partial charge on any atom is -0.341 e. The number of hydrogen-bond acceptors (Lipinski definition) is 7. The minimum absolute atomic E-state index is 0.0748. The Kier molecular flexibility index (Phi) is 15.7. The van der Waals surface area contributed by atoms with Crippen molar-refractivity contribution in [3.8, 4) is 0 Å². The first kappa shape index (κ1) is 37.7. The molecule has 0 aliphatic carbocycles. The van der Waals surface area contributed by atoms with Crippen molar-refractivity contribution in [1.29, 1.82) is 0 Å². The summed E-state index contributed by atoms with van der Waals surface area (Å²) in [6.07, 6.45) is 14.9. The van der Waals surface area contributed by atoms with Crippen molar-refractivity contribution in [2.75, 3.05) is 42.5 Å². The first-order valence-electron chi connectivity index (χ1n) is 18.1. The quantitative estimate of drug-likeness (QED) is 0.152. The molecule has 1 aliphatic rings. The third-order valence-corrected chi connectivity index (χ3v) is 9.08. The van der Waals surface area contributed by atoms with Crippen LogP contribution in [0.3, 0.4) is 0 Å². The van der Waals surface area contributed by atoms with Crippen LogP contribution >= 0.6 is 0 Å². The largest absolute Gasteiger partial charge is 0.341 e. The normalized spacial score (nSPS) is 17.0. The molecule has 43 heavy (non-hydrogen) atoms. The van der Waals surface area contributed by atoms with Crippen LogP contribution in [0.1, 0.15) is 159 Å². The molecular weight excluding hydrogens is 530 g/mol. The van der Waals surface area contributed by atoms with Crippen LogP contribution in [0.15, 0.2) is 0 Å². The van der Waals surface area contributed by atoms with Gasteiger partial charge >= 0.3 is 0 Å². The van der Waals surface area contributed by atoms with Gasteiger partial charge in [-0.2, -0.15) is 15.0 Å². The smallest absolute Gasteiger partial charge is 0.230 e. The number of aromatic nitrogens is 3. The number of rotatable bonds is 21. The average molecular weight is 602 g/mol. The fourth-order valence-corrected chi connectivity index (χ4v) is 7.06. The van der Waals surface area contributed by atoms with Crippen LogP contribution in [0.2, 0.25) is 0 Å². The Bertz CT molecular complexity index is 843. The summed E-state index contributed by atoms with van der Waals surface area (Å²) in [5.74, 6) is 2.73. The summed E-state index contributed by atoms with van der Waals surface area (Å²) in [4.78, 5) is 23.5. The van der Waals surface area contributed by atoms with Gasteiger partial charge in [-0.25, -0.2) is 0 Å². The maximum absolute atomic E-state index is 5.27. The zero-order valence-electron chi connectivity index (χ0n) is 30.5. The van der Waals surface area contributed by atoms with E-state index in [4.69, 9.17) is 15.0 Å². The van der Waals surface area contributed by atoms with E-state index in [9.17, 15) is 0 Å². The third kappa shape index (κ3) is 12.4. The molecule has 250 valence electrons. The Morgan fingerprint density at radius 3 is 1.37 bits per heavy atom. The van der Waals surface area contributed by atoms with E-state index < -0.39 is 0 Å². The number of anilines is 2. The van der Waals surface area contributed by atoms with Crippen molar-refractivity contribution in [2.24, 2.45) is 0 Å². The molecule has 7 nitrogen and oxygen atoms in total. The zero-order valence-corrected chi connectivity index (χ0v) is 30.5. The van der Waals surface area contributed by atoms with E-state index in [1.807, 2.05) is 0 Å². The topological polar surface area (TPSA) is 60.4 Å². The third-order valence-electron chi connectivity index (χ3n) is 9.08. The van der Waals surface area contributed by atoms with Gasteiger partial charge < -0.3 is 15.1 Å². The van der Waals surface area contributed by atoms with Gasteiger partial charge in [-0.3, -0.25) is 4.90 Å². The number of piperidine rings is 1. The molecule has 1 aromatic heterocycles. The van der Waals surface area contributed by atoms with Gasteiger partial charge in [-0.05, 0) is 93.0 Å². The molecule has 1 aliphatic heterocycles. The molecule has 1 N–H and O–H groups in total. The molecular formula is C36H71N7. The molecule has 0 spiro atoms. The Balaban J connectivity index is 2.56. The van der Waals surface area contributed by atoms with Crippen LogP contribution in [0.25, 0.3) is 0 Å². The molecule has 0 aromatic carbocycles. The molecule has 0 amide bonds. The van der Waals surface area contributed by atoms with E-state index >= 15 is 0 Å². The standard InChI is InChI=1S/C36H71N7/c1-12-17-22-41(23-18-13-2)32-37-31(38-33(39-32)42(24-19-14-3)25-20-15-4)29-36(10,11)43(26-21-16-5)30-27-34(6,7)40-35(8,9)28-30/h30,40H,12-29H2,1-11H3. The van der Waals surface area contributed by atoms with Crippen LogP contribution in [0, 0.1) is 0 Å². The van der Waals surface area contributed by atoms with Crippen molar-refractivity contribution in [1.82, 2.24) is 25.2 Å². The molecule has 2 heterocycles. The van der Waals surface area contributed by atoms with Crippen molar-refractivity contribution in [3.05, 3.63) is 5.82 Å². The second kappa shape index (κ2) is 17.9. The molecule has 0 atom stereocenters. The minimum atomic E-state index is -0.0748. The Labute approximate surface area is 267 Å². The van der Waals surface area contributed by atoms with Crippen molar-refractivity contribution < 1.29 is 0 Å². The predicted molar refractivity (Wildman–Crippen MR) is 188 cm³/mol. The fraction of sp³-hybridized carbons (Fsp3) is 0.917. The number of hydrogen-bond donors (Lipinski definition) is 1. The van der Waals surface area contributed by atoms with E-state index in [1.54, 1.807) is 0 Å². The first-order valence-corrected chi connectivity index (χ1v) is 18.1. The summed E-state index contributed by atoms with van der Waals surface area (Å²) in [7, 11) is 0. The van der Waals surface area contributed by atoms with Gasteiger partial charge in [0.15, 0.2) is 0 Å². The first-order chi connectivity index (χ1) is 20.3. The monoisotopic (exact) mass is 602 g/mol. The van der Waals surface area contributed by atoms with E-state index in [-0.39, 0.29) is 16.6 Å². The molecule has 0 radical (unpaired) electrons. The zero-order chi connectivity index (χ0) is 32.1. The van der Waals surface area contributed by atoms with Crippen molar-refractivity contribution in [3.63, 3.8) is 0 Å². The Morgan fingerprint density at radius 2 is 1.00 bits per heavy atom. The lowest BCUT2D eigenvalue weighted by Gasteiger charge is -2.53. The van der Waals surface area contributed by atoms with Gasteiger partial charge in [0.2, 0.25) is 11.9 Å². The lowest BCUT2D eigenvalue weighted by molar-refractivity contribution is 0.00303. The number of nitrogens with zero attached hydrogens (tertiary/aromatic N) is 6. The molecule has 0 saturated carbocycles. The van der Waals surface area contributed by atoms with Crippen LogP contribution < -0.4 is 15.1 Å². The van der Waals surface area contributed by atoms with Gasteiger partial charge in [0.05, 0.1) is 0 Å². The summed E-state index contributed by atoms with van der Waals surface area (Å²) >= 11 is 0. The highest BCUT2D eigenvalue weighted by molar-refractivity contribution is 5.39. The van der Waals surface area contributed by atoms with E-state index in [0.717, 1.165) is 95.4 Å². The van der Waals surface area contributed by atoms with Gasteiger partial charge in [0, 0.05) is 55.3 Å². The highest BCUT2D eigenvalue weighted by atomic mass is 15.3. The molecule has 1 aromatic rings. The number of nitrogens with one attached hydrogen (secondary N) is 1. The summed E-state index contributed by atoms with van der Waals surface area (Å²) in [5.41, 5.74) is 0.145. The van der Waals surface area contributed by atoms with Gasteiger partial charge in [0.25, 0.3) is 0 Å². The summed E-state index contributed by atoms with van der Waals surface area (Å²) in [5, 5.41) is 3.91. The highest BCUT2D eigenvalue weighted by Gasteiger charge is 2.43. The van der Waals surface area contributed by atoms with E-state index in [0.29, 0.717) is 6.04 Å². The average Bonchev–Trinajstić information content (AvgIpc) is 2.91. The lowest BCUT2D eigenvalue weighted by Crippen LogP contribution is -2.65. The van der Waals surface area contributed by atoms with Crippen molar-refractivity contribution in [2.45, 2.75) is 182 Å². The van der Waals surface area contributed by atoms with Crippen LogP contribution in [-0.4, -0.2) is 75.2 Å². The highest BCUT2D eigenvalue weighted by Crippen LogP contribution is 2.36. The second-order valence-corrected chi connectivity index (χ2v) is 15.2. The Morgan fingerprint density at radius 1 is 0.628 bits per heavy atom. The van der Waals surface area contributed by atoms with Crippen LogP contribution in [0.4, 0.5) is 11.9 Å². The molecule has 0 unspecified atom stereocenters. The predicted octanol–water partition coefficient (Wildman–Crippen LogP) is 8.42. The second-order valence-electron chi connectivity index (χ2n) is 15.2. The molecule has 0 bridgehead atoms. The molecule has 1 fully saturated rings. The maximum atomic E-state index is 5.27. The lowest BCUT2D eigenvalue weighted by atomic mass is 9.77.